The Morgan fingerprint density at radius 2 is 2.00 bits per heavy atom. The molecule has 188 valence electrons. The lowest BCUT2D eigenvalue weighted by Crippen LogP contribution is -2.54. The highest BCUT2D eigenvalue weighted by Crippen LogP contribution is 2.23. The summed E-state index contributed by atoms with van der Waals surface area (Å²) in [6.45, 7) is 6.06. The summed E-state index contributed by atoms with van der Waals surface area (Å²) in [7, 11) is 1.64. The Morgan fingerprint density at radius 1 is 1.17 bits per heavy atom. The molecule has 0 saturated carbocycles. The van der Waals surface area contributed by atoms with Gasteiger partial charge in [-0.2, -0.15) is 0 Å². The van der Waals surface area contributed by atoms with Crippen LogP contribution >= 0.6 is 0 Å². The van der Waals surface area contributed by atoms with Gasteiger partial charge in [0.15, 0.2) is 5.82 Å². The molecule has 1 unspecified atom stereocenters. The Bertz CT molecular complexity index is 988. The molecule has 3 amide bonds. The summed E-state index contributed by atoms with van der Waals surface area (Å²) < 4.78 is 11.0. The van der Waals surface area contributed by atoms with Crippen LogP contribution in [-0.2, 0) is 9.53 Å². The largest absolute Gasteiger partial charge is 0.497 e. The highest BCUT2D eigenvalue weighted by Gasteiger charge is 2.28. The lowest BCUT2D eigenvalue weighted by atomic mass is 10.1. The number of nitrogens with zero attached hydrogens (tertiary/aromatic N) is 5. The van der Waals surface area contributed by atoms with Gasteiger partial charge in [-0.15, -0.1) is 10.2 Å². The van der Waals surface area contributed by atoms with Gasteiger partial charge in [0, 0.05) is 51.4 Å². The number of urea groups is 1. The average molecular weight is 483 g/mol. The average Bonchev–Trinajstić information content (AvgIpc) is 3.42. The van der Waals surface area contributed by atoms with Crippen LogP contribution in [0.25, 0.3) is 11.3 Å². The summed E-state index contributed by atoms with van der Waals surface area (Å²) in [5, 5.41) is 11.6. The van der Waals surface area contributed by atoms with E-state index in [1.54, 1.807) is 12.0 Å². The summed E-state index contributed by atoms with van der Waals surface area (Å²) in [5.41, 5.74) is 1.72. The van der Waals surface area contributed by atoms with Crippen molar-refractivity contribution in [2.75, 3.05) is 64.4 Å². The van der Waals surface area contributed by atoms with Crippen LogP contribution in [0.5, 0.6) is 5.75 Å². The fraction of sp³-hybridized carbons (Fsp3) is 0.520. The molecule has 2 fully saturated rings. The van der Waals surface area contributed by atoms with E-state index in [0.29, 0.717) is 45.9 Å². The van der Waals surface area contributed by atoms with E-state index in [4.69, 9.17) is 9.47 Å². The Morgan fingerprint density at radius 3 is 2.66 bits per heavy atom. The second-order valence-corrected chi connectivity index (χ2v) is 8.73. The number of aromatic nitrogens is 2. The number of nitrogens with one attached hydrogen (secondary N) is 1. The molecule has 0 radical (unpaired) electrons. The Kier molecular flexibility index (Phi) is 8.36. The van der Waals surface area contributed by atoms with Crippen molar-refractivity contribution in [3.63, 3.8) is 0 Å². The molecule has 10 nitrogen and oxygen atoms in total. The number of carbonyl (C=O) groups excluding carboxylic acids is 2. The molecule has 4 rings (SSSR count). The van der Waals surface area contributed by atoms with Crippen molar-refractivity contribution in [1.82, 2.24) is 25.3 Å². The number of anilines is 1. The summed E-state index contributed by atoms with van der Waals surface area (Å²) in [5.74, 6) is 1.51. The van der Waals surface area contributed by atoms with Crippen LogP contribution in [0, 0.1) is 0 Å². The van der Waals surface area contributed by atoms with Crippen LogP contribution in [0.1, 0.15) is 19.8 Å². The van der Waals surface area contributed by atoms with Gasteiger partial charge in [0.1, 0.15) is 12.3 Å². The lowest BCUT2D eigenvalue weighted by Gasteiger charge is -2.36. The molecule has 2 aromatic rings. The molecule has 1 N–H and O–H groups in total. The molecule has 10 heteroatoms. The number of hydrogen-bond donors (Lipinski definition) is 1. The van der Waals surface area contributed by atoms with Crippen molar-refractivity contribution in [2.24, 2.45) is 0 Å². The first kappa shape index (κ1) is 24.7. The van der Waals surface area contributed by atoms with Gasteiger partial charge >= 0.3 is 6.03 Å². The molecular weight excluding hydrogens is 448 g/mol. The predicted octanol–water partition coefficient (Wildman–Crippen LogP) is 2.01. The van der Waals surface area contributed by atoms with Gasteiger partial charge in [-0.3, -0.25) is 4.79 Å². The third-order valence-electron chi connectivity index (χ3n) is 6.36. The first-order chi connectivity index (χ1) is 17.1. The normalized spacial score (nSPS) is 17.8. The van der Waals surface area contributed by atoms with E-state index in [2.05, 4.69) is 20.4 Å². The Balaban J connectivity index is 1.31. The van der Waals surface area contributed by atoms with E-state index in [9.17, 15) is 9.59 Å². The number of carbonyl (C=O) groups is 2. The van der Waals surface area contributed by atoms with Crippen LogP contribution in [-0.4, -0.2) is 97.6 Å². The van der Waals surface area contributed by atoms with Gasteiger partial charge in [0.05, 0.1) is 18.9 Å². The van der Waals surface area contributed by atoms with Crippen LogP contribution in [0.4, 0.5) is 10.6 Å². The fourth-order valence-corrected chi connectivity index (χ4v) is 4.39. The van der Waals surface area contributed by atoms with Gasteiger partial charge < -0.3 is 29.5 Å². The third kappa shape index (κ3) is 6.39. The van der Waals surface area contributed by atoms with Gasteiger partial charge in [0.2, 0.25) is 5.91 Å². The standard InChI is InChI=1S/C25H34N6O4/c1-3-26-25(33)31(17-21-8-5-15-35-21)18-24(32)30-13-11-29(12-14-30)23-10-9-22(27-28-23)19-6-4-7-20(16-19)34-2/h4,6-7,9-10,16,21H,3,5,8,11-15,17-18H2,1-2H3,(H,26,33). The van der Waals surface area contributed by atoms with Crippen LogP contribution in [0.3, 0.4) is 0 Å². The summed E-state index contributed by atoms with van der Waals surface area (Å²) in [6, 6.07) is 11.4. The zero-order valence-electron chi connectivity index (χ0n) is 20.5. The second-order valence-electron chi connectivity index (χ2n) is 8.73. The molecule has 2 saturated heterocycles. The highest BCUT2D eigenvalue weighted by atomic mass is 16.5. The maximum atomic E-state index is 13.0. The number of piperazine rings is 1. The maximum absolute atomic E-state index is 13.0. The van der Waals surface area contributed by atoms with Gasteiger partial charge in [-0.05, 0) is 44.0 Å². The van der Waals surface area contributed by atoms with Crippen molar-refractivity contribution in [3.8, 4) is 17.0 Å². The van der Waals surface area contributed by atoms with Crippen molar-refractivity contribution in [1.29, 1.82) is 0 Å². The fourth-order valence-electron chi connectivity index (χ4n) is 4.39. The number of methoxy groups -OCH3 is 1. The van der Waals surface area contributed by atoms with Crippen LogP contribution in [0.2, 0.25) is 0 Å². The lowest BCUT2D eigenvalue weighted by molar-refractivity contribution is -0.132. The summed E-state index contributed by atoms with van der Waals surface area (Å²) in [6.07, 6.45) is 1.91. The molecule has 1 aromatic carbocycles. The molecule has 2 aliphatic rings. The summed E-state index contributed by atoms with van der Waals surface area (Å²) in [4.78, 5) is 31.0. The van der Waals surface area contributed by atoms with Crippen LogP contribution in [0.15, 0.2) is 36.4 Å². The zero-order chi connectivity index (χ0) is 24.6. The molecule has 1 atom stereocenters. The number of rotatable bonds is 8. The molecule has 2 aliphatic heterocycles. The van der Waals surface area contributed by atoms with Crippen molar-refractivity contribution in [2.45, 2.75) is 25.9 Å². The van der Waals surface area contributed by atoms with Gasteiger partial charge in [0.25, 0.3) is 0 Å². The predicted molar refractivity (Wildman–Crippen MR) is 132 cm³/mol. The van der Waals surface area contributed by atoms with E-state index in [1.165, 1.54) is 0 Å². The molecule has 35 heavy (non-hydrogen) atoms. The van der Waals surface area contributed by atoms with Crippen LogP contribution < -0.4 is 15.0 Å². The number of ether oxygens (including phenoxy) is 2. The minimum absolute atomic E-state index is 0.000715. The monoisotopic (exact) mass is 482 g/mol. The Labute approximate surface area is 206 Å². The third-order valence-corrected chi connectivity index (χ3v) is 6.36. The first-order valence-corrected chi connectivity index (χ1v) is 12.2. The highest BCUT2D eigenvalue weighted by molar-refractivity contribution is 5.84. The first-order valence-electron chi connectivity index (χ1n) is 12.2. The molecule has 3 heterocycles. The van der Waals surface area contributed by atoms with Crippen molar-refractivity contribution in [3.05, 3.63) is 36.4 Å². The van der Waals surface area contributed by atoms with E-state index < -0.39 is 0 Å². The van der Waals surface area contributed by atoms with Crippen molar-refractivity contribution >= 4 is 17.8 Å². The van der Waals surface area contributed by atoms with Gasteiger partial charge in [-0.1, -0.05) is 12.1 Å². The molecule has 0 aliphatic carbocycles. The smallest absolute Gasteiger partial charge is 0.317 e. The van der Waals surface area contributed by atoms with Crippen molar-refractivity contribution < 1.29 is 19.1 Å². The van der Waals surface area contributed by atoms with E-state index in [-0.39, 0.29) is 24.6 Å². The molecule has 1 aromatic heterocycles. The SMILES string of the molecule is CCNC(=O)N(CC(=O)N1CCN(c2ccc(-c3cccc(OC)c3)nn2)CC1)CC1CCCO1. The van der Waals surface area contributed by atoms with E-state index >= 15 is 0 Å². The van der Waals surface area contributed by atoms with E-state index in [0.717, 1.165) is 35.7 Å². The Hall–Kier alpha value is -3.40. The maximum Gasteiger partial charge on any atom is 0.317 e. The minimum atomic E-state index is -0.221. The number of amides is 3. The number of hydrogen-bond acceptors (Lipinski definition) is 7. The van der Waals surface area contributed by atoms with Gasteiger partial charge in [-0.25, -0.2) is 4.79 Å². The zero-order valence-corrected chi connectivity index (χ0v) is 20.5. The van der Waals surface area contributed by atoms with E-state index in [1.807, 2.05) is 48.2 Å². The minimum Gasteiger partial charge on any atom is -0.497 e. The summed E-state index contributed by atoms with van der Waals surface area (Å²) >= 11 is 0. The second kappa shape index (κ2) is 11.8. The topological polar surface area (TPSA) is 100 Å². The molecule has 0 spiro atoms. The number of benzene rings is 1. The quantitative estimate of drug-likeness (QED) is 0.614. The molecule has 0 bridgehead atoms. The molecular formula is C25H34N6O4.